The quantitative estimate of drug-likeness (QED) is 0.678. The molecule has 0 aliphatic heterocycles. The second-order valence-electron chi connectivity index (χ2n) is 7.06. The largest absolute Gasteiger partial charge is 0.488 e. The van der Waals surface area contributed by atoms with Gasteiger partial charge in [0.25, 0.3) is 0 Å². The number of aryl methyl sites for hydroxylation is 1. The molecule has 4 nitrogen and oxygen atoms in total. The van der Waals surface area contributed by atoms with Crippen LogP contribution in [0.4, 0.5) is 0 Å². The number of nitriles is 1. The van der Waals surface area contributed by atoms with Crippen molar-refractivity contribution in [1.29, 1.82) is 5.26 Å². The number of nitrogens with one attached hydrogen (secondary N) is 1. The summed E-state index contributed by atoms with van der Waals surface area (Å²) >= 11 is 0. The van der Waals surface area contributed by atoms with E-state index < -0.39 is 0 Å². The maximum Gasteiger partial charge on any atom is 0.149 e. The third-order valence-corrected chi connectivity index (χ3v) is 3.63. The minimum Gasteiger partial charge on any atom is -0.488 e. The van der Waals surface area contributed by atoms with Gasteiger partial charge in [-0.05, 0) is 69.2 Å². The molecule has 0 amide bonds. The smallest absolute Gasteiger partial charge is 0.149 e. The highest BCUT2D eigenvalue weighted by atomic mass is 16.5. The van der Waals surface area contributed by atoms with E-state index in [0.717, 1.165) is 27.9 Å². The summed E-state index contributed by atoms with van der Waals surface area (Å²) < 4.78 is 5.82. The minimum atomic E-state index is -0.235. The number of fused-ring (bicyclic) bond motifs is 1. The Kier molecular flexibility index (Phi) is 4.33. The maximum absolute atomic E-state index is 9.52. The fourth-order valence-corrected chi connectivity index (χ4v) is 2.56. The summed E-state index contributed by atoms with van der Waals surface area (Å²) in [6.45, 7) is 8.07. The summed E-state index contributed by atoms with van der Waals surface area (Å²) in [7, 11) is 0. The van der Waals surface area contributed by atoms with Crippen LogP contribution in [0.5, 0.6) is 5.75 Å². The Morgan fingerprint density at radius 3 is 2.52 bits per heavy atom. The number of benzene rings is 2. The molecule has 0 unspecified atom stereocenters. The van der Waals surface area contributed by atoms with E-state index in [9.17, 15) is 5.26 Å². The Bertz CT molecular complexity index is 967. The molecule has 2 aromatic carbocycles. The number of allylic oxidation sites excluding steroid dienone is 1. The molecule has 0 aliphatic rings. The first-order valence-corrected chi connectivity index (χ1v) is 8.22. The van der Waals surface area contributed by atoms with Crippen molar-refractivity contribution in [1.82, 2.24) is 9.97 Å². The van der Waals surface area contributed by atoms with Crippen molar-refractivity contribution < 1.29 is 4.74 Å². The van der Waals surface area contributed by atoms with Crippen LogP contribution < -0.4 is 4.74 Å². The Labute approximate surface area is 147 Å². The number of H-pyrrole nitrogens is 1. The number of hydrogen-bond acceptors (Lipinski definition) is 3. The van der Waals surface area contributed by atoms with Crippen molar-refractivity contribution in [3.8, 4) is 11.8 Å². The fraction of sp³-hybridized carbons (Fsp3) is 0.238. The molecule has 0 saturated carbocycles. The normalized spacial score (nSPS) is 12.2. The molecular formula is C21H21N3O. The number of aromatic amines is 1. The molecule has 1 heterocycles. The van der Waals surface area contributed by atoms with Gasteiger partial charge in [0.1, 0.15) is 23.2 Å². The number of rotatable bonds is 3. The summed E-state index contributed by atoms with van der Waals surface area (Å²) in [5.74, 6) is 1.39. The highest BCUT2D eigenvalue weighted by Crippen LogP contribution is 2.22. The number of ether oxygens (including phenoxy) is 1. The lowest BCUT2D eigenvalue weighted by atomic mass is 10.1. The zero-order chi connectivity index (χ0) is 18.0. The van der Waals surface area contributed by atoms with E-state index in [1.54, 1.807) is 0 Å². The zero-order valence-corrected chi connectivity index (χ0v) is 14.9. The van der Waals surface area contributed by atoms with Crippen LogP contribution in [0.2, 0.25) is 0 Å². The third kappa shape index (κ3) is 4.07. The van der Waals surface area contributed by atoms with Crippen molar-refractivity contribution in [2.24, 2.45) is 0 Å². The Hall–Kier alpha value is -3.06. The van der Waals surface area contributed by atoms with Gasteiger partial charge in [-0.2, -0.15) is 5.26 Å². The van der Waals surface area contributed by atoms with Gasteiger partial charge in [0.2, 0.25) is 0 Å². The molecule has 0 aliphatic carbocycles. The van der Waals surface area contributed by atoms with E-state index >= 15 is 0 Å². The van der Waals surface area contributed by atoms with Crippen LogP contribution in [0.1, 0.15) is 37.7 Å². The van der Waals surface area contributed by atoms with Crippen molar-refractivity contribution in [2.45, 2.75) is 33.3 Å². The van der Waals surface area contributed by atoms with Crippen molar-refractivity contribution in [3.05, 3.63) is 59.4 Å². The standard InChI is InChI=1S/C21H21N3O/c1-14-5-10-18-19(11-14)24-20(23-18)16(13-22)12-15-6-8-17(9-7-15)25-21(2,3)4/h5-12H,1-4H3,(H,23,24)/b16-12-. The van der Waals surface area contributed by atoms with E-state index in [-0.39, 0.29) is 5.60 Å². The van der Waals surface area contributed by atoms with Gasteiger partial charge in [0.05, 0.1) is 16.6 Å². The van der Waals surface area contributed by atoms with Gasteiger partial charge < -0.3 is 9.72 Å². The molecule has 1 aromatic heterocycles. The third-order valence-electron chi connectivity index (χ3n) is 3.63. The lowest BCUT2D eigenvalue weighted by molar-refractivity contribution is 0.131. The SMILES string of the molecule is Cc1ccc2nc(/C(C#N)=C\c3ccc(OC(C)(C)C)cc3)[nH]c2c1. The Balaban J connectivity index is 1.90. The highest BCUT2D eigenvalue weighted by molar-refractivity contribution is 5.90. The first-order chi connectivity index (χ1) is 11.8. The highest BCUT2D eigenvalue weighted by Gasteiger charge is 2.12. The van der Waals surface area contributed by atoms with E-state index in [1.807, 2.05) is 76.2 Å². The molecule has 0 spiro atoms. The van der Waals surface area contributed by atoms with Crippen LogP contribution in [0.15, 0.2) is 42.5 Å². The van der Waals surface area contributed by atoms with E-state index in [1.165, 1.54) is 0 Å². The van der Waals surface area contributed by atoms with Gasteiger partial charge in [0, 0.05) is 0 Å². The second kappa shape index (κ2) is 6.45. The monoisotopic (exact) mass is 331 g/mol. The van der Waals surface area contributed by atoms with Gasteiger partial charge in [-0.15, -0.1) is 0 Å². The average Bonchev–Trinajstić information content (AvgIpc) is 2.95. The molecule has 3 rings (SSSR count). The van der Waals surface area contributed by atoms with Crippen LogP contribution in [-0.4, -0.2) is 15.6 Å². The molecule has 25 heavy (non-hydrogen) atoms. The van der Waals surface area contributed by atoms with E-state index in [4.69, 9.17) is 4.74 Å². The predicted octanol–water partition coefficient (Wildman–Crippen LogP) is 5.11. The summed E-state index contributed by atoms with van der Waals surface area (Å²) in [6, 6.07) is 15.9. The van der Waals surface area contributed by atoms with E-state index in [2.05, 4.69) is 16.0 Å². The lowest BCUT2D eigenvalue weighted by Gasteiger charge is -2.21. The Morgan fingerprint density at radius 2 is 1.88 bits per heavy atom. The number of imidazole rings is 1. The van der Waals surface area contributed by atoms with E-state index in [0.29, 0.717) is 11.4 Å². The summed E-state index contributed by atoms with van der Waals surface area (Å²) in [5, 5.41) is 9.52. The summed E-state index contributed by atoms with van der Waals surface area (Å²) in [4.78, 5) is 7.74. The minimum absolute atomic E-state index is 0.235. The van der Waals surface area contributed by atoms with Gasteiger partial charge in [-0.3, -0.25) is 0 Å². The molecule has 0 saturated heterocycles. The number of nitrogens with zero attached hydrogens (tertiary/aromatic N) is 2. The first kappa shape index (κ1) is 16.8. The van der Waals surface area contributed by atoms with Crippen LogP contribution >= 0.6 is 0 Å². The number of hydrogen-bond donors (Lipinski definition) is 1. The van der Waals surface area contributed by atoms with Crippen molar-refractivity contribution in [2.75, 3.05) is 0 Å². The van der Waals surface area contributed by atoms with Gasteiger partial charge in [-0.1, -0.05) is 18.2 Å². The van der Waals surface area contributed by atoms with Crippen LogP contribution in [-0.2, 0) is 0 Å². The molecule has 126 valence electrons. The topological polar surface area (TPSA) is 61.7 Å². The maximum atomic E-state index is 9.52. The zero-order valence-electron chi connectivity index (χ0n) is 14.9. The Morgan fingerprint density at radius 1 is 1.16 bits per heavy atom. The molecule has 0 atom stereocenters. The molecule has 4 heteroatoms. The first-order valence-electron chi connectivity index (χ1n) is 8.22. The molecule has 1 N–H and O–H groups in total. The fourth-order valence-electron chi connectivity index (χ4n) is 2.56. The van der Waals surface area contributed by atoms with Gasteiger partial charge >= 0.3 is 0 Å². The summed E-state index contributed by atoms with van der Waals surface area (Å²) in [5.41, 5.74) is 4.13. The molecule has 0 radical (unpaired) electrons. The van der Waals surface area contributed by atoms with Gasteiger partial charge in [-0.25, -0.2) is 4.98 Å². The molecule has 3 aromatic rings. The van der Waals surface area contributed by atoms with Crippen LogP contribution in [0.25, 0.3) is 22.7 Å². The predicted molar refractivity (Wildman–Crippen MR) is 101 cm³/mol. The number of aromatic nitrogens is 2. The van der Waals surface area contributed by atoms with Gasteiger partial charge in [0.15, 0.2) is 0 Å². The molecule has 0 bridgehead atoms. The lowest BCUT2D eigenvalue weighted by Crippen LogP contribution is -2.22. The van der Waals surface area contributed by atoms with Crippen LogP contribution in [0, 0.1) is 18.3 Å². The second-order valence-corrected chi connectivity index (χ2v) is 7.06. The van der Waals surface area contributed by atoms with Crippen molar-refractivity contribution in [3.63, 3.8) is 0 Å². The van der Waals surface area contributed by atoms with Crippen LogP contribution in [0.3, 0.4) is 0 Å². The summed E-state index contributed by atoms with van der Waals surface area (Å²) in [6.07, 6.45) is 1.82. The molecule has 0 fully saturated rings. The molecular weight excluding hydrogens is 310 g/mol. The van der Waals surface area contributed by atoms with Crippen molar-refractivity contribution >= 4 is 22.7 Å². The average molecular weight is 331 g/mol.